The molecular formula is C11H12O3. The van der Waals surface area contributed by atoms with Gasteiger partial charge in [0.05, 0.1) is 12.2 Å². The standard InChI is InChI=1S/C11H12O3/c1-3-14-11(13)10-6-4-5-9(7-12)8(10)2/h4-7H,3H2,1-2H3. The Kier molecular flexibility index (Phi) is 3.40. The number of hydrogen-bond donors (Lipinski definition) is 0. The second-order valence-corrected chi connectivity index (χ2v) is 2.86. The van der Waals surface area contributed by atoms with Crippen LogP contribution in [0.5, 0.6) is 0 Å². The summed E-state index contributed by atoms with van der Waals surface area (Å²) in [5.41, 5.74) is 1.65. The zero-order chi connectivity index (χ0) is 10.6. The van der Waals surface area contributed by atoms with Crippen molar-refractivity contribution in [1.82, 2.24) is 0 Å². The van der Waals surface area contributed by atoms with Crippen molar-refractivity contribution in [2.45, 2.75) is 13.8 Å². The first-order chi connectivity index (χ1) is 6.70. The quantitative estimate of drug-likeness (QED) is 0.543. The number of rotatable bonds is 3. The monoisotopic (exact) mass is 192 g/mol. The van der Waals surface area contributed by atoms with Crippen LogP contribution in [0.15, 0.2) is 18.2 Å². The lowest BCUT2D eigenvalue weighted by molar-refractivity contribution is 0.0525. The van der Waals surface area contributed by atoms with E-state index in [1.807, 2.05) is 0 Å². The second kappa shape index (κ2) is 4.56. The summed E-state index contributed by atoms with van der Waals surface area (Å²) >= 11 is 0. The molecule has 0 aliphatic rings. The van der Waals surface area contributed by atoms with E-state index in [9.17, 15) is 9.59 Å². The van der Waals surface area contributed by atoms with Gasteiger partial charge in [0.25, 0.3) is 0 Å². The van der Waals surface area contributed by atoms with Crippen molar-refractivity contribution >= 4 is 12.3 Å². The van der Waals surface area contributed by atoms with Crippen molar-refractivity contribution in [2.24, 2.45) is 0 Å². The van der Waals surface area contributed by atoms with Crippen LogP contribution >= 0.6 is 0 Å². The maximum Gasteiger partial charge on any atom is 0.338 e. The molecule has 14 heavy (non-hydrogen) atoms. The van der Waals surface area contributed by atoms with Crippen molar-refractivity contribution in [3.8, 4) is 0 Å². The molecule has 0 saturated heterocycles. The van der Waals surface area contributed by atoms with E-state index in [2.05, 4.69) is 0 Å². The smallest absolute Gasteiger partial charge is 0.338 e. The van der Waals surface area contributed by atoms with Gasteiger partial charge in [0.15, 0.2) is 0 Å². The maximum absolute atomic E-state index is 11.4. The molecule has 0 unspecified atom stereocenters. The van der Waals surface area contributed by atoms with Gasteiger partial charge in [0.2, 0.25) is 0 Å². The Balaban J connectivity index is 3.09. The lowest BCUT2D eigenvalue weighted by Crippen LogP contribution is -2.07. The summed E-state index contributed by atoms with van der Waals surface area (Å²) in [6, 6.07) is 4.99. The van der Waals surface area contributed by atoms with E-state index in [1.165, 1.54) is 0 Å². The SMILES string of the molecule is CCOC(=O)c1cccc(C=O)c1C. The van der Waals surface area contributed by atoms with Crippen molar-refractivity contribution < 1.29 is 14.3 Å². The van der Waals surface area contributed by atoms with Crippen LogP contribution in [-0.4, -0.2) is 18.9 Å². The highest BCUT2D eigenvalue weighted by Crippen LogP contribution is 2.13. The molecule has 74 valence electrons. The molecule has 1 aromatic rings. The third kappa shape index (κ3) is 1.99. The van der Waals surface area contributed by atoms with E-state index in [0.717, 1.165) is 6.29 Å². The van der Waals surface area contributed by atoms with Crippen LogP contribution in [-0.2, 0) is 4.74 Å². The van der Waals surface area contributed by atoms with E-state index < -0.39 is 0 Å². The summed E-state index contributed by atoms with van der Waals surface area (Å²) in [6.07, 6.45) is 0.734. The van der Waals surface area contributed by atoms with Crippen molar-refractivity contribution in [2.75, 3.05) is 6.61 Å². The minimum atomic E-state index is -0.381. The fourth-order valence-electron chi connectivity index (χ4n) is 1.21. The average Bonchev–Trinajstić information content (AvgIpc) is 2.18. The van der Waals surface area contributed by atoms with Crippen LogP contribution in [0.4, 0.5) is 0 Å². The molecule has 0 fully saturated rings. The summed E-state index contributed by atoms with van der Waals surface area (Å²) in [5, 5.41) is 0. The first-order valence-electron chi connectivity index (χ1n) is 4.42. The van der Waals surface area contributed by atoms with Crippen molar-refractivity contribution in [3.63, 3.8) is 0 Å². The second-order valence-electron chi connectivity index (χ2n) is 2.86. The number of esters is 1. The number of aldehydes is 1. The number of carbonyl (C=O) groups excluding carboxylic acids is 2. The van der Waals surface area contributed by atoms with Gasteiger partial charge in [0, 0.05) is 5.56 Å². The molecule has 0 N–H and O–H groups in total. The molecule has 0 aliphatic carbocycles. The van der Waals surface area contributed by atoms with E-state index in [0.29, 0.717) is 23.3 Å². The molecular weight excluding hydrogens is 180 g/mol. The minimum Gasteiger partial charge on any atom is -0.462 e. The van der Waals surface area contributed by atoms with Crippen LogP contribution in [0.25, 0.3) is 0 Å². The Labute approximate surface area is 82.7 Å². The molecule has 0 bridgehead atoms. The topological polar surface area (TPSA) is 43.4 Å². The van der Waals surface area contributed by atoms with Crippen LogP contribution in [0.3, 0.4) is 0 Å². The van der Waals surface area contributed by atoms with E-state index >= 15 is 0 Å². The van der Waals surface area contributed by atoms with Crippen LogP contribution in [0.1, 0.15) is 33.2 Å². The summed E-state index contributed by atoms with van der Waals surface area (Å²) in [5.74, 6) is -0.381. The van der Waals surface area contributed by atoms with Gasteiger partial charge < -0.3 is 4.74 Å². The molecule has 0 amide bonds. The van der Waals surface area contributed by atoms with Gasteiger partial charge in [-0.25, -0.2) is 4.79 Å². The van der Waals surface area contributed by atoms with Gasteiger partial charge >= 0.3 is 5.97 Å². The molecule has 0 saturated carbocycles. The van der Waals surface area contributed by atoms with Gasteiger partial charge in [0.1, 0.15) is 6.29 Å². The Morgan fingerprint density at radius 1 is 1.50 bits per heavy atom. The zero-order valence-corrected chi connectivity index (χ0v) is 8.24. The van der Waals surface area contributed by atoms with Crippen LogP contribution in [0, 0.1) is 6.92 Å². The molecule has 0 atom stereocenters. The highest BCUT2D eigenvalue weighted by molar-refractivity contribution is 5.94. The molecule has 0 aliphatic heterocycles. The molecule has 3 nitrogen and oxygen atoms in total. The molecule has 0 heterocycles. The lowest BCUT2D eigenvalue weighted by atomic mass is 10.0. The predicted octanol–water partition coefficient (Wildman–Crippen LogP) is 1.98. The van der Waals surface area contributed by atoms with Gasteiger partial charge in [-0.1, -0.05) is 12.1 Å². The molecule has 3 heteroatoms. The Morgan fingerprint density at radius 2 is 2.21 bits per heavy atom. The highest BCUT2D eigenvalue weighted by atomic mass is 16.5. The van der Waals surface area contributed by atoms with Gasteiger partial charge in [-0.3, -0.25) is 4.79 Å². The van der Waals surface area contributed by atoms with Crippen molar-refractivity contribution in [3.05, 3.63) is 34.9 Å². The fraction of sp³-hybridized carbons (Fsp3) is 0.273. The minimum absolute atomic E-state index is 0.337. The average molecular weight is 192 g/mol. The van der Waals surface area contributed by atoms with Crippen LogP contribution in [0.2, 0.25) is 0 Å². The third-order valence-electron chi connectivity index (χ3n) is 2.00. The first-order valence-corrected chi connectivity index (χ1v) is 4.42. The summed E-state index contributed by atoms with van der Waals surface area (Å²) in [7, 11) is 0. The van der Waals surface area contributed by atoms with Gasteiger partial charge in [-0.05, 0) is 25.5 Å². The molecule has 1 rings (SSSR count). The lowest BCUT2D eigenvalue weighted by Gasteiger charge is -2.06. The van der Waals surface area contributed by atoms with E-state index in [-0.39, 0.29) is 5.97 Å². The molecule has 1 aromatic carbocycles. The fourth-order valence-corrected chi connectivity index (χ4v) is 1.21. The molecule has 0 aromatic heterocycles. The molecule has 0 spiro atoms. The van der Waals surface area contributed by atoms with Crippen LogP contribution < -0.4 is 0 Å². The number of ether oxygens (including phenoxy) is 1. The first kappa shape index (κ1) is 10.4. The van der Waals surface area contributed by atoms with E-state index in [1.54, 1.807) is 32.0 Å². The van der Waals surface area contributed by atoms with Gasteiger partial charge in [-0.2, -0.15) is 0 Å². The highest BCUT2D eigenvalue weighted by Gasteiger charge is 2.11. The summed E-state index contributed by atoms with van der Waals surface area (Å²) < 4.78 is 4.85. The number of carbonyl (C=O) groups is 2. The Morgan fingerprint density at radius 3 is 2.79 bits per heavy atom. The Bertz CT molecular complexity index is 356. The largest absolute Gasteiger partial charge is 0.462 e. The number of benzene rings is 1. The zero-order valence-electron chi connectivity index (χ0n) is 8.24. The van der Waals surface area contributed by atoms with Gasteiger partial charge in [-0.15, -0.1) is 0 Å². The molecule has 0 radical (unpaired) electrons. The normalized spacial score (nSPS) is 9.57. The maximum atomic E-state index is 11.4. The third-order valence-corrected chi connectivity index (χ3v) is 2.00. The van der Waals surface area contributed by atoms with Crippen molar-refractivity contribution in [1.29, 1.82) is 0 Å². The Hall–Kier alpha value is -1.64. The predicted molar refractivity (Wildman–Crippen MR) is 52.5 cm³/mol. The van der Waals surface area contributed by atoms with E-state index in [4.69, 9.17) is 4.74 Å². The summed E-state index contributed by atoms with van der Waals surface area (Å²) in [4.78, 5) is 22.0. The summed E-state index contributed by atoms with van der Waals surface area (Å²) in [6.45, 7) is 3.82. The number of hydrogen-bond acceptors (Lipinski definition) is 3.